The summed E-state index contributed by atoms with van der Waals surface area (Å²) in [6.07, 6.45) is 26.8. The second kappa shape index (κ2) is 17.3. The third-order valence-corrected chi connectivity index (χ3v) is 4.63. The van der Waals surface area contributed by atoms with Crippen LogP contribution in [0.25, 0.3) is 0 Å². The van der Waals surface area contributed by atoms with Crippen molar-refractivity contribution in [2.75, 3.05) is 12.4 Å². The van der Waals surface area contributed by atoms with E-state index >= 15 is 0 Å². The van der Waals surface area contributed by atoms with Crippen molar-refractivity contribution in [1.82, 2.24) is 0 Å². The lowest BCUT2D eigenvalue weighted by Crippen LogP contribution is -2.06. The van der Waals surface area contributed by atoms with E-state index in [-0.39, 0.29) is 5.97 Å². The summed E-state index contributed by atoms with van der Waals surface area (Å²) < 4.78 is 4.61. The molecule has 0 saturated heterocycles. The molecule has 0 N–H and O–H groups in total. The Morgan fingerprint density at radius 1 is 0.885 bits per heavy atom. The SMILES string of the molecule is COC(=O)CCCC=CCC=CCC=CCC=CC(C)(C)CCCCBr. The fourth-order valence-electron chi connectivity index (χ4n) is 2.45. The van der Waals surface area contributed by atoms with Gasteiger partial charge in [-0.25, -0.2) is 0 Å². The number of halogens is 1. The normalized spacial score (nSPS) is 12.9. The van der Waals surface area contributed by atoms with Crippen LogP contribution in [0, 0.1) is 5.41 Å². The Bertz CT molecular complexity index is 459. The van der Waals surface area contributed by atoms with Gasteiger partial charge in [0.25, 0.3) is 0 Å². The summed E-state index contributed by atoms with van der Waals surface area (Å²) in [7, 11) is 1.43. The van der Waals surface area contributed by atoms with Crippen LogP contribution in [0.5, 0.6) is 0 Å². The standard InChI is InChI=1S/C23H37BrO2/c1-23(2,20-16-17-21-24)19-15-13-11-9-7-5-4-6-8-10-12-14-18-22(25)26-3/h4-5,8-11,15,19H,6-7,12-14,16-18,20-21H2,1-3H3. The zero-order valence-corrected chi connectivity index (χ0v) is 18.5. The molecule has 0 aromatic rings. The molecule has 0 amide bonds. The molecule has 0 aromatic heterocycles. The molecule has 0 saturated carbocycles. The van der Waals surface area contributed by atoms with Gasteiger partial charge in [0, 0.05) is 11.8 Å². The highest BCUT2D eigenvalue weighted by Gasteiger charge is 2.12. The van der Waals surface area contributed by atoms with Crippen LogP contribution in [0.15, 0.2) is 48.6 Å². The van der Waals surface area contributed by atoms with Crippen LogP contribution in [0.3, 0.4) is 0 Å². The number of esters is 1. The predicted molar refractivity (Wildman–Crippen MR) is 118 cm³/mol. The Balaban J connectivity index is 3.69. The van der Waals surface area contributed by atoms with E-state index in [2.05, 4.69) is 83.1 Å². The molecule has 0 spiro atoms. The van der Waals surface area contributed by atoms with E-state index < -0.39 is 0 Å². The highest BCUT2D eigenvalue weighted by Crippen LogP contribution is 2.25. The van der Waals surface area contributed by atoms with Gasteiger partial charge in [0.2, 0.25) is 0 Å². The molecule has 0 bridgehead atoms. The lowest BCUT2D eigenvalue weighted by Gasteiger charge is -2.19. The molecule has 0 fully saturated rings. The Morgan fingerprint density at radius 2 is 1.46 bits per heavy atom. The van der Waals surface area contributed by atoms with Gasteiger partial charge in [0.1, 0.15) is 0 Å². The molecule has 0 radical (unpaired) electrons. The number of carbonyl (C=O) groups excluding carboxylic acids is 1. The van der Waals surface area contributed by atoms with Gasteiger partial charge in [-0.05, 0) is 50.4 Å². The van der Waals surface area contributed by atoms with Crippen molar-refractivity contribution in [3.63, 3.8) is 0 Å². The maximum Gasteiger partial charge on any atom is 0.305 e. The average Bonchev–Trinajstić information content (AvgIpc) is 2.61. The molecule has 0 rings (SSSR count). The van der Waals surface area contributed by atoms with E-state index in [0.717, 1.165) is 37.4 Å². The zero-order valence-electron chi connectivity index (χ0n) is 16.9. The highest BCUT2D eigenvalue weighted by molar-refractivity contribution is 9.09. The predicted octanol–water partition coefficient (Wildman–Crippen LogP) is 7.32. The Kier molecular flexibility index (Phi) is 16.6. The fourth-order valence-corrected chi connectivity index (χ4v) is 2.84. The Morgan fingerprint density at radius 3 is 2.04 bits per heavy atom. The number of ether oxygens (including phenoxy) is 1. The summed E-state index contributed by atoms with van der Waals surface area (Å²) in [5.74, 6) is -0.127. The molecule has 148 valence electrons. The van der Waals surface area contributed by atoms with Crippen LogP contribution in [0.2, 0.25) is 0 Å². The lowest BCUT2D eigenvalue weighted by atomic mass is 9.87. The van der Waals surface area contributed by atoms with Crippen LogP contribution in [0.4, 0.5) is 0 Å². The molecule has 3 heteroatoms. The number of hydrogen-bond donors (Lipinski definition) is 0. The molecule has 26 heavy (non-hydrogen) atoms. The van der Waals surface area contributed by atoms with Crippen LogP contribution in [-0.4, -0.2) is 18.4 Å². The molecular weight excluding hydrogens is 388 g/mol. The first kappa shape index (κ1) is 24.9. The second-order valence-corrected chi connectivity index (χ2v) is 7.92. The number of hydrogen-bond acceptors (Lipinski definition) is 2. The maximum atomic E-state index is 10.9. The Labute approximate surface area is 169 Å². The fraction of sp³-hybridized carbons (Fsp3) is 0.609. The molecule has 0 atom stereocenters. The van der Waals surface area contributed by atoms with Gasteiger partial charge in [0.15, 0.2) is 0 Å². The molecule has 0 aliphatic rings. The second-order valence-electron chi connectivity index (χ2n) is 7.13. The minimum Gasteiger partial charge on any atom is -0.469 e. The number of unbranched alkanes of at least 4 members (excludes halogenated alkanes) is 2. The largest absolute Gasteiger partial charge is 0.469 e. The van der Waals surface area contributed by atoms with E-state index in [0.29, 0.717) is 11.8 Å². The van der Waals surface area contributed by atoms with Crippen LogP contribution >= 0.6 is 15.9 Å². The lowest BCUT2D eigenvalue weighted by molar-refractivity contribution is -0.140. The maximum absolute atomic E-state index is 10.9. The first-order chi connectivity index (χ1) is 12.5. The van der Waals surface area contributed by atoms with Crippen molar-refractivity contribution in [3.05, 3.63) is 48.6 Å². The van der Waals surface area contributed by atoms with Crippen LogP contribution in [-0.2, 0) is 9.53 Å². The average molecular weight is 425 g/mol. The Hall–Kier alpha value is -1.09. The zero-order chi connectivity index (χ0) is 19.5. The van der Waals surface area contributed by atoms with Crippen molar-refractivity contribution in [2.45, 2.75) is 71.6 Å². The summed E-state index contributed by atoms with van der Waals surface area (Å²) in [5, 5.41) is 1.11. The molecule has 0 aromatic carbocycles. The van der Waals surface area contributed by atoms with Crippen molar-refractivity contribution >= 4 is 21.9 Å². The van der Waals surface area contributed by atoms with Gasteiger partial charge in [-0.15, -0.1) is 0 Å². The number of methoxy groups -OCH3 is 1. The molecule has 0 aliphatic heterocycles. The van der Waals surface area contributed by atoms with E-state index in [9.17, 15) is 4.79 Å². The van der Waals surface area contributed by atoms with Crippen molar-refractivity contribution < 1.29 is 9.53 Å². The summed E-state index contributed by atoms with van der Waals surface area (Å²) in [6, 6.07) is 0. The molecule has 0 heterocycles. The topological polar surface area (TPSA) is 26.3 Å². The number of alkyl halides is 1. The highest BCUT2D eigenvalue weighted by atomic mass is 79.9. The smallest absolute Gasteiger partial charge is 0.305 e. The molecule has 2 nitrogen and oxygen atoms in total. The van der Waals surface area contributed by atoms with Crippen LogP contribution < -0.4 is 0 Å². The van der Waals surface area contributed by atoms with E-state index in [4.69, 9.17) is 0 Å². The third kappa shape index (κ3) is 17.7. The van der Waals surface area contributed by atoms with Gasteiger partial charge < -0.3 is 4.74 Å². The first-order valence-electron chi connectivity index (χ1n) is 9.77. The van der Waals surface area contributed by atoms with Crippen LogP contribution in [0.1, 0.15) is 71.6 Å². The minimum absolute atomic E-state index is 0.127. The first-order valence-corrected chi connectivity index (χ1v) is 10.9. The van der Waals surface area contributed by atoms with E-state index in [1.54, 1.807) is 0 Å². The quantitative estimate of drug-likeness (QED) is 0.119. The van der Waals surface area contributed by atoms with Gasteiger partial charge in [-0.1, -0.05) is 84.8 Å². The van der Waals surface area contributed by atoms with Gasteiger partial charge in [-0.2, -0.15) is 0 Å². The monoisotopic (exact) mass is 424 g/mol. The summed E-state index contributed by atoms with van der Waals surface area (Å²) in [4.78, 5) is 10.9. The van der Waals surface area contributed by atoms with Gasteiger partial charge in [-0.3, -0.25) is 4.79 Å². The van der Waals surface area contributed by atoms with Crippen molar-refractivity contribution in [3.8, 4) is 0 Å². The van der Waals surface area contributed by atoms with Crippen molar-refractivity contribution in [1.29, 1.82) is 0 Å². The minimum atomic E-state index is -0.127. The van der Waals surface area contributed by atoms with E-state index in [1.165, 1.54) is 26.4 Å². The summed E-state index contributed by atoms with van der Waals surface area (Å²) >= 11 is 3.49. The number of carbonyl (C=O) groups is 1. The summed E-state index contributed by atoms with van der Waals surface area (Å²) in [6.45, 7) is 4.63. The van der Waals surface area contributed by atoms with Gasteiger partial charge >= 0.3 is 5.97 Å². The summed E-state index contributed by atoms with van der Waals surface area (Å²) in [5.41, 5.74) is 0.305. The molecular formula is C23H37BrO2. The van der Waals surface area contributed by atoms with E-state index in [1.807, 2.05) is 0 Å². The molecule has 0 unspecified atom stereocenters. The molecule has 0 aliphatic carbocycles. The third-order valence-electron chi connectivity index (χ3n) is 4.07. The number of rotatable bonds is 15. The van der Waals surface area contributed by atoms with Gasteiger partial charge in [0.05, 0.1) is 7.11 Å². The van der Waals surface area contributed by atoms with Crippen molar-refractivity contribution in [2.24, 2.45) is 5.41 Å². The number of allylic oxidation sites excluding steroid dienone is 8.